The predicted molar refractivity (Wildman–Crippen MR) is 84.1 cm³/mol. The van der Waals surface area contributed by atoms with E-state index in [1.807, 2.05) is 7.05 Å². The van der Waals surface area contributed by atoms with Gasteiger partial charge in [-0.15, -0.1) is 0 Å². The van der Waals surface area contributed by atoms with Crippen molar-refractivity contribution in [3.8, 4) is 0 Å². The zero-order valence-corrected chi connectivity index (χ0v) is 13.2. The molecule has 116 valence electrons. The van der Waals surface area contributed by atoms with Crippen molar-refractivity contribution in [2.45, 2.75) is 44.9 Å². The predicted octanol–water partition coefficient (Wildman–Crippen LogP) is 2.50. The summed E-state index contributed by atoms with van der Waals surface area (Å²) >= 11 is 0. The average molecular weight is 281 g/mol. The minimum absolute atomic E-state index is 0.879. The van der Waals surface area contributed by atoms with Crippen molar-refractivity contribution < 1.29 is 4.74 Å². The second-order valence-corrected chi connectivity index (χ2v) is 6.24. The van der Waals surface area contributed by atoms with Crippen LogP contribution in [0.15, 0.2) is 4.99 Å². The summed E-state index contributed by atoms with van der Waals surface area (Å²) in [6.45, 7) is 4.34. The lowest BCUT2D eigenvalue weighted by molar-refractivity contribution is 0.192. The lowest BCUT2D eigenvalue weighted by Gasteiger charge is -2.22. The molecule has 1 aliphatic carbocycles. The Bertz CT molecular complexity index is 292. The molecule has 1 heterocycles. The maximum absolute atomic E-state index is 5.07. The number of methoxy groups -OCH3 is 1. The van der Waals surface area contributed by atoms with Crippen LogP contribution in [0, 0.1) is 11.8 Å². The average Bonchev–Trinajstić information content (AvgIpc) is 2.90. The van der Waals surface area contributed by atoms with Gasteiger partial charge < -0.3 is 15.0 Å². The van der Waals surface area contributed by atoms with E-state index in [4.69, 9.17) is 4.74 Å². The van der Waals surface area contributed by atoms with E-state index in [1.165, 1.54) is 51.6 Å². The fourth-order valence-corrected chi connectivity index (χ4v) is 3.66. The number of likely N-dealkylation sites (tertiary alicyclic amines) is 1. The molecule has 1 aliphatic heterocycles. The first kappa shape index (κ1) is 15.6. The lowest BCUT2D eigenvalue weighted by Crippen LogP contribution is -2.40. The molecule has 0 bridgehead atoms. The normalized spacial score (nSPS) is 26.7. The largest absolute Gasteiger partial charge is 0.385 e. The lowest BCUT2D eigenvalue weighted by atomic mass is 9.82. The highest BCUT2D eigenvalue weighted by atomic mass is 16.5. The number of aliphatic imine (C=N–C) groups is 1. The van der Waals surface area contributed by atoms with Crippen LogP contribution in [-0.4, -0.2) is 51.3 Å². The van der Waals surface area contributed by atoms with E-state index in [2.05, 4.69) is 15.2 Å². The summed E-state index contributed by atoms with van der Waals surface area (Å²) in [4.78, 5) is 6.95. The van der Waals surface area contributed by atoms with Gasteiger partial charge in [0.2, 0.25) is 0 Å². The molecule has 2 aliphatic rings. The summed E-state index contributed by atoms with van der Waals surface area (Å²) < 4.78 is 5.07. The third-order valence-corrected chi connectivity index (χ3v) is 4.80. The summed E-state index contributed by atoms with van der Waals surface area (Å²) in [7, 11) is 3.68. The van der Waals surface area contributed by atoms with Crippen LogP contribution in [0.25, 0.3) is 0 Å². The van der Waals surface area contributed by atoms with Gasteiger partial charge >= 0.3 is 0 Å². The first-order chi connectivity index (χ1) is 9.85. The van der Waals surface area contributed by atoms with Gasteiger partial charge in [0.1, 0.15) is 0 Å². The van der Waals surface area contributed by atoms with Crippen LogP contribution >= 0.6 is 0 Å². The Morgan fingerprint density at radius 2 is 1.85 bits per heavy atom. The molecule has 2 unspecified atom stereocenters. The molecule has 20 heavy (non-hydrogen) atoms. The van der Waals surface area contributed by atoms with Crippen molar-refractivity contribution in [2.24, 2.45) is 16.8 Å². The molecule has 0 amide bonds. The van der Waals surface area contributed by atoms with Gasteiger partial charge in [0, 0.05) is 40.4 Å². The fraction of sp³-hybridized carbons (Fsp3) is 0.938. The second-order valence-electron chi connectivity index (χ2n) is 6.24. The zero-order chi connectivity index (χ0) is 14.2. The van der Waals surface area contributed by atoms with E-state index in [0.29, 0.717) is 0 Å². The summed E-state index contributed by atoms with van der Waals surface area (Å²) in [6.07, 6.45) is 9.29. The number of ether oxygens (including phenoxy) is 1. The van der Waals surface area contributed by atoms with Gasteiger partial charge in [-0.05, 0) is 43.9 Å². The van der Waals surface area contributed by atoms with Gasteiger partial charge in [-0.1, -0.05) is 12.8 Å². The van der Waals surface area contributed by atoms with Crippen LogP contribution < -0.4 is 5.32 Å². The topological polar surface area (TPSA) is 36.9 Å². The Morgan fingerprint density at radius 3 is 2.45 bits per heavy atom. The van der Waals surface area contributed by atoms with Crippen molar-refractivity contribution in [1.29, 1.82) is 0 Å². The van der Waals surface area contributed by atoms with Gasteiger partial charge in [-0.25, -0.2) is 0 Å². The number of guanidine groups is 1. The monoisotopic (exact) mass is 281 g/mol. The quantitative estimate of drug-likeness (QED) is 0.462. The molecule has 2 rings (SSSR count). The molecular formula is C16H31N3O. The van der Waals surface area contributed by atoms with Crippen LogP contribution in [0.4, 0.5) is 0 Å². The van der Waals surface area contributed by atoms with E-state index in [1.54, 1.807) is 7.11 Å². The molecule has 1 N–H and O–H groups in total. The van der Waals surface area contributed by atoms with Crippen LogP contribution in [0.1, 0.15) is 44.9 Å². The van der Waals surface area contributed by atoms with Gasteiger partial charge in [0.05, 0.1) is 0 Å². The molecule has 1 saturated heterocycles. The van der Waals surface area contributed by atoms with Crippen LogP contribution in [0.5, 0.6) is 0 Å². The molecular weight excluding hydrogens is 250 g/mol. The maximum atomic E-state index is 5.07. The number of fused-ring (bicyclic) bond motifs is 1. The Labute approximate surface area is 124 Å². The SMILES string of the molecule is CN=C(NCCCCCOC)N1CC2CCCCC2C1. The van der Waals surface area contributed by atoms with Gasteiger partial charge in [-0.3, -0.25) is 4.99 Å². The second kappa shape index (κ2) is 8.50. The molecule has 0 aromatic heterocycles. The highest BCUT2D eigenvalue weighted by Gasteiger charge is 2.35. The molecule has 0 aromatic rings. The fourth-order valence-electron chi connectivity index (χ4n) is 3.66. The summed E-state index contributed by atoms with van der Waals surface area (Å²) in [5.41, 5.74) is 0. The van der Waals surface area contributed by atoms with Gasteiger partial charge in [0.15, 0.2) is 5.96 Å². The first-order valence-corrected chi connectivity index (χ1v) is 8.29. The van der Waals surface area contributed by atoms with Crippen molar-refractivity contribution in [1.82, 2.24) is 10.2 Å². The minimum Gasteiger partial charge on any atom is -0.385 e. The Morgan fingerprint density at radius 1 is 1.15 bits per heavy atom. The summed E-state index contributed by atoms with van der Waals surface area (Å²) in [5, 5.41) is 3.53. The first-order valence-electron chi connectivity index (χ1n) is 8.29. The van der Waals surface area contributed by atoms with E-state index >= 15 is 0 Å². The van der Waals surface area contributed by atoms with E-state index in [9.17, 15) is 0 Å². The van der Waals surface area contributed by atoms with Crippen molar-refractivity contribution in [3.63, 3.8) is 0 Å². The standard InChI is InChI=1S/C16H31N3O/c1-17-16(18-10-6-3-7-11-20-2)19-12-14-8-4-5-9-15(14)13-19/h14-15H,3-13H2,1-2H3,(H,17,18). The van der Waals surface area contributed by atoms with Crippen LogP contribution in [-0.2, 0) is 4.74 Å². The van der Waals surface area contributed by atoms with E-state index in [0.717, 1.165) is 37.4 Å². The zero-order valence-electron chi connectivity index (χ0n) is 13.2. The summed E-state index contributed by atoms with van der Waals surface area (Å²) in [6, 6.07) is 0. The number of nitrogens with zero attached hydrogens (tertiary/aromatic N) is 2. The molecule has 4 heteroatoms. The molecule has 2 atom stereocenters. The van der Waals surface area contributed by atoms with Crippen LogP contribution in [0.3, 0.4) is 0 Å². The molecule has 1 saturated carbocycles. The number of rotatable bonds is 6. The van der Waals surface area contributed by atoms with Gasteiger partial charge in [-0.2, -0.15) is 0 Å². The van der Waals surface area contributed by atoms with E-state index in [-0.39, 0.29) is 0 Å². The number of hydrogen-bond acceptors (Lipinski definition) is 2. The van der Waals surface area contributed by atoms with Gasteiger partial charge in [0.25, 0.3) is 0 Å². The Kier molecular flexibility index (Phi) is 6.64. The third kappa shape index (κ3) is 4.37. The van der Waals surface area contributed by atoms with Crippen molar-refractivity contribution >= 4 is 5.96 Å². The maximum Gasteiger partial charge on any atom is 0.193 e. The number of unbranched alkanes of at least 4 members (excludes halogenated alkanes) is 2. The third-order valence-electron chi connectivity index (χ3n) is 4.80. The molecule has 0 aromatic carbocycles. The summed E-state index contributed by atoms with van der Waals surface area (Å²) in [5.74, 6) is 2.96. The Hall–Kier alpha value is -0.770. The number of nitrogens with one attached hydrogen (secondary N) is 1. The molecule has 2 fully saturated rings. The molecule has 0 radical (unpaired) electrons. The van der Waals surface area contributed by atoms with Crippen molar-refractivity contribution in [3.05, 3.63) is 0 Å². The highest BCUT2D eigenvalue weighted by Crippen LogP contribution is 2.35. The van der Waals surface area contributed by atoms with E-state index < -0.39 is 0 Å². The number of hydrogen-bond donors (Lipinski definition) is 1. The van der Waals surface area contributed by atoms with Crippen molar-refractivity contribution in [2.75, 3.05) is 40.4 Å². The minimum atomic E-state index is 0.879. The smallest absolute Gasteiger partial charge is 0.193 e. The Balaban J connectivity index is 1.67. The molecule has 4 nitrogen and oxygen atoms in total. The highest BCUT2D eigenvalue weighted by molar-refractivity contribution is 5.80. The molecule has 0 spiro atoms. The van der Waals surface area contributed by atoms with Crippen LogP contribution in [0.2, 0.25) is 0 Å².